The predicted octanol–water partition coefficient (Wildman–Crippen LogP) is 5.49. The molecule has 4 aromatic rings. The zero-order valence-electron chi connectivity index (χ0n) is 17.3. The molecule has 160 valence electrons. The Morgan fingerprint density at radius 2 is 1.47 bits per heavy atom. The Kier molecular flexibility index (Phi) is 6.52. The van der Waals surface area contributed by atoms with Crippen LogP contribution in [0.5, 0.6) is 0 Å². The monoisotopic (exact) mass is 443 g/mol. The molecule has 32 heavy (non-hydrogen) atoms. The van der Waals surface area contributed by atoms with E-state index in [2.05, 4.69) is 20.9 Å². The number of nitrogens with zero attached hydrogens (tertiary/aromatic N) is 2. The molecule has 0 aliphatic heterocycles. The Morgan fingerprint density at radius 3 is 2.16 bits per heavy atom. The number of para-hydroxylation sites is 1. The number of anilines is 3. The van der Waals surface area contributed by atoms with Crippen molar-refractivity contribution in [1.82, 2.24) is 9.55 Å². The second kappa shape index (κ2) is 9.84. The highest BCUT2D eigenvalue weighted by Gasteiger charge is 2.10. The highest BCUT2D eigenvalue weighted by Crippen LogP contribution is 2.20. The van der Waals surface area contributed by atoms with Gasteiger partial charge in [-0.05, 0) is 60.9 Å². The molecule has 0 saturated carbocycles. The van der Waals surface area contributed by atoms with Gasteiger partial charge in [-0.3, -0.25) is 9.36 Å². The molecule has 0 bridgehead atoms. The summed E-state index contributed by atoms with van der Waals surface area (Å²) < 4.78 is 1.93. The van der Waals surface area contributed by atoms with Crippen molar-refractivity contribution < 1.29 is 9.59 Å². The molecule has 3 aromatic carbocycles. The van der Waals surface area contributed by atoms with Gasteiger partial charge in [-0.2, -0.15) is 0 Å². The lowest BCUT2D eigenvalue weighted by molar-refractivity contribution is 0.102. The van der Waals surface area contributed by atoms with Gasteiger partial charge in [0.1, 0.15) is 0 Å². The van der Waals surface area contributed by atoms with Crippen molar-refractivity contribution in [2.75, 3.05) is 22.2 Å². The van der Waals surface area contributed by atoms with Crippen LogP contribution in [-0.4, -0.2) is 27.7 Å². The van der Waals surface area contributed by atoms with Crippen molar-refractivity contribution in [2.24, 2.45) is 0 Å². The molecule has 0 fully saturated rings. The van der Waals surface area contributed by atoms with E-state index < -0.39 is 0 Å². The lowest BCUT2D eigenvalue weighted by atomic mass is 10.1. The first kappa shape index (κ1) is 21.2. The first-order chi connectivity index (χ1) is 15.6. The molecule has 0 spiro atoms. The Morgan fingerprint density at radius 1 is 0.812 bits per heavy atom. The standard InChI is InChI=1S/C24H21N5O2S/c1-32-24-25-14-15-29(24)21-9-5-6-17(16-21)22(30)26-19-10-12-20(13-11-19)28-23(31)27-18-7-3-2-4-8-18/h2-16H,1H3,(H,26,30)(H2,27,28,31). The van der Waals surface area contributed by atoms with Gasteiger partial charge < -0.3 is 16.0 Å². The fraction of sp³-hybridized carbons (Fsp3) is 0.0417. The van der Waals surface area contributed by atoms with Gasteiger partial charge in [-0.15, -0.1) is 0 Å². The van der Waals surface area contributed by atoms with Crippen LogP contribution in [0.25, 0.3) is 5.69 Å². The number of nitrogens with one attached hydrogen (secondary N) is 3. The molecule has 0 radical (unpaired) electrons. The van der Waals surface area contributed by atoms with Gasteiger partial charge in [0.2, 0.25) is 0 Å². The Balaban J connectivity index is 1.39. The molecule has 8 heteroatoms. The highest BCUT2D eigenvalue weighted by atomic mass is 32.2. The molecular weight excluding hydrogens is 422 g/mol. The van der Waals surface area contributed by atoms with E-state index in [0.717, 1.165) is 10.8 Å². The third kappa shape index (κ3) is 5.16. The van der Waals surface area contributed by atoms with Crippen molar-refractivity contribution in [2.45, 2.75) is 5.16 Å². The normalized spacial score (nSPS) is 10.4. The molecule has 0 saturated heterocycles. The molecule has 1 aromatic heterocycles. The predicted molar refractivity (Wildman–Crippen MR) is 129 cm³/mol. The molecule has 7 nitrogen and oxygen atoms in total. The first-order valence-electron chi connectivity index (χ1n) is 9.84. The molecule has 0 aliphatic rings. The van der Waals surface area contributed by atoms with E-state index in [-0.39, 0.29) is 11.9 Å². The van der Waals surface area contributed by atoms with E-state index in [4.69, 9.17) is 0 Å². The number of aromatic nitrogens is 2. The largest absolute Gasteiger partial charge is 0.323 e. The summed E-state index contributed by atoms with van der Waals surface area (Å²) in [5.74, 6) is -0.222. The van der Waals surface area contributed by atoms with Crippen LogP contribution in [0.4, 0.5) is 21.9 Å². The average Bonchev–Trinajstić information content (AvgIpc) is 3.30. The van der Waals surface area contributed by atoms with E-state index in [1.54, 1.807) is 36.5 Å². The molecule has 1 heterocycles. The molecule has 0 unspecified atom stereocenters. The topological polar surface area (TPSA) is 88.1 Å². The van der Waals surface area contributed by atoms with E-state index in [0.29, 0.717) is 22.6 Å². The minimum Gasteiger partial charge on any atom is -0.322 e. The number of thioether (sulfide) groups is 1. The smallest absolute Gasteiger partial charge is 0.322 e. The summed E-state index contributed by atoms with van der Waals surface area (Å²) in [5.41, 5.74) is 3.35. The maximum Gasteiger partial charge on any atom is 0.323 e. The van der Waals surface area contributed by atoms with Crippen molar-refractivity contribution in [3.05, 3.63) is 96.8 Å². The molecule has 3 N–H and O–H groups in total. The molecular formula is C24H21N5O2S. The summed E-state index contributed by atoms with van der Waals surface area (Å²) in [6.07, 6.45) is 5.55. The van der Waals surface area contributed by atoms with Gasteiger partial charge in [-0.25, -0.2) is 9.78 Å². The fourth-order valence-electron chi connectivity index (χ4n) is 3.09. The van der Waals surface area contributed by atoms with Crippen LogP contribution < -0.4 is 16.0 Å². The third-order valence-corrected chi connectivity index (χ3v) is 5.28. The minimum absolute atomic E-state index is 0.222. The van der Waals surface area contributed by atoms with Gasteiger partial charge in [0.25, 0.3) is 5.91 Å². The maximum absolute atomic E-state index is 12.7. The lowest BCUT2D eigenvalue weighted by Crippen LogP contribution is -2.19. The quantitative estimate of drug-likeness (QED) is 0.344. The Bertz CT molecular complexity index is 1220. The zero-order valence-corrected chi connectivity index (χ0v) is 18.1. The van der Waals surface area contributed by atoms with Crippen molar-refractivity contribution in [1.29, 1.82) is 0 Å². The van der Waals surface area contributed by atoms with Crippen LogP contribution in [0.3, 0.4) is 0 Å². The number of amides is 3. The maximum atomic E-state index is 12.7. The highest BCUT2D eigenvalue weighted by molar-refractivity contribution is 7.98. The molecule has 3 amide bonds. The van der Waals surface area contributed by atoms with E-state index in [1.165, 1.54) is 11.8 Å². The summed E-state index contributed by atoms with van der Waals surface area (Å²) in [6, 6.07) is 23.1. The van der Waals surface area contributed by atoms with Crippen molar-refractivity contribution in [3.63, 3.8) is 0 Å². The van der Waals surface area contributed by atoms with E-state index in [9.17, 15) is 9.59 Å². The van der Waals surface area contributed by atoms with Crippen LogP contribution in [0.1, 0.15) is 10.4 Å². The minimum atomic E-state index is -0.339. The van der Waals surface area contributed by atoms with Crippen LogP contribution in [0.2, 0.25) is 0 Å². The lowest BCUT2D eigenvalue weighted by Gasteiger charge is -2.10. The number of hydrogen-bond donors (Lipinski definition) is 3. The van der Waals surface area contributed by atoms with Gasteiger partial charge >= 0.3 is 6.03 Å². The number of carbonyl (C=O) groups excluding carboxylic acids is 2. The van der Waals surface area contributed by atoms with Gasteiger partial charge in [0.05, 0.1) is 0 Å². The number of benzene rings is 3. The van der Waals surface area contributed by atoms with Gasteiger partial charge in [-0.1, -0.05) is 36.0 Å². The van der Waals surface area contributed by atoms with Crippen LogP contribution >= 0.6 is 11.8 Å². The van der Waals surface area contributed by atoms with Crippen molar-refractivity contribution in [3.8, 4) is 5.69 Å². The Labute approximate surface area is 189 Å². The molecule has 0 atom stereocenters. The number of imidazole rings is 1. The number of urea groups is 1. The third-order valence-electron chi connectivity index (χ3n) is 4.61. The van der Waals surface area contributed by atoms with Gasteiger partial charge in [0, 0.05) is 40.7 Å². The second-order valence-electron chi connectivity index (χ2n) is 6.81. The number of carbonyl (C=O) groups is 2. The van der Waals surface area contributed by atoms with E-state index in [1.807, 2.05) is 65.6 Å². The van der Waals surface area contributed by atoms with Crippen LogP contribution in [-0.2, 0) is 0 Å². The second-order valence-corrected chi connectivity index (χ2v) is 7.58. The average molecular weight is 444 g/mol. The summed E-state index contributed by atoms with van der Waals surface area (Å²) in [7, 11) is 0. The first-order valence-corrected chi connectivity index (χ1v) is 11.1. The van der Waals surface area contributed by atoms with Crippen molar-refractivity contribution >= 4 is 40.8 Å². The summed E-state index contributed by atoms with van der Waals surface area (Å²) in [6.45, 7) is 0. The fourth-order valence-corrected chi connectivity index (χ4v) is 3.62. The molecule has 4 rings (SSSR count). The SMILES string of the molecule is CSc1nccn1-c1cccc(C(=O)Nc2ccc(NC(=O)Nc3ccccc3)cc2)c1. The van der Waals surface area contributed by atoms with Crippen LogP contribution in [0, 0.1) is 0 Å². The Hall–Kier alpha value is -4.04. The van der Waals surface area contributed by atoms with E-state index >= 15 is 0 Å². The number of hydrogen-bond acceptors (Lipinski definition) is 4. The van der Waals surface area contributed by atoms with Crippen LogP contribution in [0.15, 0.2) is 96.4 Å². The number of rotatable bonds is 6. The summed E-state index contributed by atoms with van der Waals surface area (Å²) in [4.78, 5) is 29.1. The van der Waals surface area contributed by atoms with Gasteiger partial charge in [0.15, 0.2) is 5.16 Å². The zero-order chi connectivity index (χ0) is 22.3. The summed E-state index contributed by atoms with van der Waals surface area (Å²) >= 11 is 1.54. The summed E-state index contributed by atoms with van der Waals surface area (Å²) in [5, 5.41) is 9.25. The molecule has 0 aliphatic carbocycles.